The summed E-state index contributed by atoms with van der Waals surface area (Å²) in [6, 6.07) is 5.09. The highest BCUT2D eigenvalue weighted by Crippen LogP contribution is 2.19. The van der Waals surface area contributed by atoms with E-state index in [1.54, 1.807) is 24.5 Å². The van der Waals surface area contributed by atoms with Crippen molar-refractivity contribution in [3.05, 3.63) is 35.9 Å². The second-order valence-corrected chi connectivity index (χ2v) is 4.33. The van der Waals surface area contributed by atoms with Gasteiger partial charge in [0.15, 0.2) is 0 Å². The van der Waals surface area contributed by atoms with Crippen LogP contribution in [0.4, 0.5) is 11.4 Å². The van der Waals surface area contributed by atoms with E-state index in [1.807, 2.05) is 11.6 Å². The highest BCUT2D eigenvalue weighted by molar-refractivity contribution is 5.96. The van der Waals surface area contributed by atoms with E-state index in [2.05, 4.69) is 15.5 Å². The molecule has 0 radical (unpaired) electrons. The van der Waals surface area contributed by atoms with Crippen LogP contribution in [0.2, 0.25) is 0 Å². The molecule has 0 atom stereocenters. The maximum atomic E-state index is 11.7. The molecule has 7 heteroatoms. The Morgan fingerprint density at radius 2 is 2.30 bits per heavy atom. The van der Waals surface area contributed by atoms with Gasteiger partial charge < -0.3 is 20.4 Å². The minimum absolute atomic E-state index is 0.418. The molecule has 0 aliphatic carbocycles. The average Bonchev–Trinajstić information content (AvgIpc) is 2.85. The van der Waals surface area contributed by atoms with Crippen molar-refractivity contribution in [2.75, 3.05) is 24.7 Å². The highest BCUT2D eigenvalue weighted by Gasteiger charge is 2.12. The number of carbonyl (C=O) groups is 1. The number of nitrogens with two attached hydrogens (primary N) is 1. The second kappa shape index (κ2) is 6.05. The molecule has 1 aromatic heterocycles. The lowest BCUT2D eigenvalue weighted by Gasteiger charge is -2.11. The summed E-state index contributed by atoms with van der Waals surface area (Å²) in [5.74, 6) is 0.450. The zero-order valence-corrected chi connectivity index (χ0v) is 11.5. The minimum atomic E-state index is -0.418. The number of methoxy groups -OCH3 is 1. The monoisotopic (exact) mass is 275 g/mol. The van der Waals surface area contributed by atoms with Gasteiger partial charge in [-0.15, -0.1) is 10.2 Å². The molecule has 106 valence electrons. The Hall–Kier alpha value is -2.57. The van der Waals surface area contributed by atoms with E-state index >= 15 is 0 Å². The molecule has 0 aliphatic heterocycles. The molecule has 20 heavy (non-hydrogen) atoms. The van der Waals surface area contributed by atoms with E-state index in [4.69, 9.17) is 10.5 Å². The number of aromatic nitrogens is 3. The molecule has 0 spiro atoms. The van der Waals surface area contributed by atoms with Gasteiger partial charge in [0, 0.05) is 31.4 Å². The van der Waals surface area contributed by atoms with Gasteiger partial charge in [0.25, 0.3) is 0 Å². The van der Waals surface area contributed by atoms with Crippen molar-refractivity contribution in [2.24, 2.45) is 7.05 Å². The van der Waals surface area contributed by atoms with Crippen molar-refractivity contribution in [3.8, 4) is 0 Å². The van der Waals surface area contributed by atoms with Crippen LogP contribution < -0.4 is 11.1 Å². The molecule has 0 saturated carbocycles. The van der Waals surface area contributed by atoms with E-state index < -0.39 is 5.97 Å². The van der Waals surface area contributed by atoms with Gasteiger partial charge in [0.2, 0.25) is 0 Å². The smallest absolute Gasteiger partial charge is 0.340 e. The van der Waals surface area contributed by atoms with Crippen LogP contribution in [0.15, 0.2) is 24.5 Å². The van der Waals surface area contributed by atoms with Crippen LogP contribution in [0.3, 0.4) is 0 Å². The molecular weight excluding hydrogens is 258 g/mol. The van der Waals surface area contributed by atoms with Gasteiger partial charge in [-0.05, 0) is 18.2 Å². The van der Waals surface area contributed by atoms with Crippen LogP contribution in [-0.2, 0) is 18.2 Å². The maximum absolute atomic E-state index is 11.7. The number of nitrogens with zero attached hydrogens (tertiary/aromatic N) is 3. The lowest BCUT2D eigenvalue weighted by molar-refractivity contribution is 0.0602. The first-order valence-corrected chi connectivity index (χ1v) is 6.16. The van der Waals surface area contributed by atoms with Crippen molar-refractivity contribution in [3.63, 3.8) is 0 Å². The Morgan fingerprint density at radius 3 is 2.95 bits per heavy atom. The SMILES string of the molecule is COC(=O)c1cc(N)ccc1NCCc1nncn1C. The number of hydrogen-bond donors (Lipinski definition) is 2. The fourth-order valence-electron chi connectivity index (χ4n) is 1.84. The first kappa shape index (κ1) is 13.9. The number of benzene rings is 1. The number of carbonyl (C=O) groups excluding carboxylic acids is 1. The Balaban J connectivity index is 2.05. The Kier molecular flexibility index (Phi) is 4.19. The van der Waals surface area contributed by atoms with E-state index in [0.29, 0.717) is 29.9 Å². The molecule has 0 amide bonds. The highest BCUT2D eigenvalue weighted by atomic mass is 16.5. The van der Waals surface area contributed by atoms with E-state index in [9.17, 15) is 4.79 Å². The van der Waals surface area contributed by atoms with Crippen molar-refractivity contribution in [1.82, 2.24) is 14.8 Å². The third-order valence-electron chi connectivity index (χ3n) is 2.92. The molecule has 1 heterocycles. The fourth-order valence-corrected chi connectivity index (χ4v) is 1.84. The number of rotatable bonds is 5. The molecule has 3 N–H and O–H groups in total. The van der Waals surface area contributed by atoms with Gasteiger partial charge in [-0.25, -0.2) is 4.79 Å². The van der Waals surface area contributed by atoms with Crippen molar-refractivity contribution < 1.29 is 9.53 Å². The minimum Gasteiger partial charge on any atom is -0.465 e. The lowest BCUT2D eigenvalue weighted by atomic mass is 10.1. The normalized spacial score (nSPS) is 10.3. The van der Waals surface area contributed by atoms with Crippen LogP contribution >= 0.6 is 0 Å². The molecule has 0 aliphatic rings. The molecule has 1 aromatic carbocycles. The fraction of sp³-hybridized carbons (Fsp3) is 0.308. The van der Waals surface area contributed by atoms with Gasteiger partial charge in [0.05, 0.1) is 12.7 Å². The Bertz CT molecular complexity index is 609. The van der Waals surface area contributed by atoms with Crippen molar-refractivity contribution in [1.29, 1.82) is 0 Å². The third-order valence-corrected chi connectivity index (χ3v) is 2.92. The molecule has 2 rings (SSSR count). The molecular formula is C13H17N5O2. The lowest BCUT2D eigenvalue weighted by Crippen LogP contribution is -2.12. The topological polar surface area (TPSA) is 95.1 Å². The van der Waals surface area contributed by atoms with Gasteiger partial charge in [-0.1, -0.05) is 0 Å². The molecule has 0 unspecified atom stereocenters. The first-order chi connectivity index (χ1) is 9.61. The standard InChI is InChI=1S/C13H17N5O2/c1-18-8-16-17-12(18)5-6-15-11-4-3-9(14)7-10(11)13(19)20-2/h3-4,7-8,15H,5-6,14H2,1-2H3. The van der Waals surface area contributed by atoms with Crippen LogP contribution in [0.25, 0.3) is 0 Å². The molecule has 0 saturated heterocycles. The summed E-state index contributed by atoms with van der Waals surface area (Å²) in [6.07, 6.45) is 2.35. The summed E-state index contributed by atoms with van der Waals surface area (Å²) in [7, 11) is 3.23. The van der Waals surface area contributed by atoms with E-state index in [-0.39, 0.29) is 0 Å². The number of aryl methyl sites for hydroxylation is 1. The zero-order chi connectivity index (χ0) is 14.5. The number of nitrogens with one attached hydrogen (secondary N) is 1. The van der Waals surface area contributed by atoms with Crippen LogP contribution in [0.1, 0.15) is 16.2 Å². The largest absolute Gasteiger partial charge is 0.465 e. The van der Waals surface area contributed by atoms with Gasteiger partial charge in [-0.2, -0.15) is 0 Å². The third kappa shape index (κ3) is 3.05. The number of hydrogen-bond acceptors (Lipinski definition) is 6. The van der Waals surface area contributed by atoms with Crippen LogP contribution in [0.5, 0.6) is 0 Å². The first-order valence-electron chi connectivity index (χ1n) is 6.16. The maximum Gasteiger partial charge on any atom is 0.340 e. The van der Waals surface area contributed by atoms with Gasteiger partial charge >= 0.3 is 5.97 Å². The zero-order valence-electron chi connectivity index (χ0n) is 11.5. The predicted octanol–water partition coefficient (Wildman–Crippen LogP) is 0.838. The molecule has 2 aromatic rings. The van der Waals surface area contributed by atoms with Crippen molar-refractivity contribution >= 4 is 17.3 Å². The molecule has 7 nitrogen and oxygen atoms in total. The van der Waals surface area contributed by atoms with E-state index in [1.165, 1.54) is 7.11 Å². The summed E-state index contributed by atoms with van der Waals surface area (Å²) < 4.78 is 6.60. The number of ether oxygens (including phenoxy) is 1. The Labute approximate surface area is 116 Å². The summed E-state index contributed by atoms with van der Waals surface area (Å²) in [4.78, 5) is 11.7. The van der Waals surface area contributed by atoms with E-state index in [0.717, 1.165) is 5.82 Å². The van der Waals surface area contributed by atoms with Gasteiger partial charge in [-0.3, -0.25) is 0 Å². The molecule has 0 bridgehead atoms. The predicted molar refractivity (Wildman–Crippen MR) is 75.4 cm³/mol. The average molecular weight is 275 g/mol. The summed E-state index contributed by atoms with van der Waals surface area (Å²) >= 11 is 0. The molecule has 0 fully saturated rings. The quantitative estimate of drug-likeness (QED) is 0.620. The van der Waals surface area contributed by atoms with Gasteiger partial charge in [0.1, 0.15) is 12.2 Å². The second-order valence-electron chi connectivity index (χ2n) is 4.33. The summed E-state index contributed by atoms with van der Waals surface area (Å²) in [6.45, 7) is 0.625. The Morgan fingerprint density at radius 1 is 1.50 bits per heavy atom. The van der Waals surface area contributed by atoms with Crippen LogP contribution in [-0.4, -0.2) is 34.4 Å². The number of nitrogen functional groups attached to an aromatic ring is 1. The summed E-state index contributed by atoms with van der Waals surface area (Å²) in [5.41, 5.74) is 7.32. The number of anilines is 2. The number of esters is 1. The summed E-state index contributed by atoms with van der Waals surface area (Å²) in [5, 5.41) is 11.0. The van der Waals surface area contributed by atoms with Crippen LogP contribution in [0, 0.1) is 0 Å². The van der Waals surface area contributed by atoms with Crippen molar-refractivity contribution in [2.45, 2.75) is 6.42 Å².